The number of aromatic nitrogens is 2. The van der Waals surface area contributed by atoms with Gasteiger partial charge in [-0.05, 0) is 67.4 Å². The van der Waals surface area contributed by atoms with Gasteiger partial charge < -0.3 is 24.6 Å². The molecular formula is C24H25N5O3. The molecule has 2 aliphatic heterocycles. The normalized spacial score (nSPS) is 15.1. The molecule has 0 aliphatic carbocycles. The highest BCUT2D eigenvalue weighted by atomic mass is 16.7. The molecule has 2 aromatic carbocycles. The Morgan fingerprint density at radius 3 is 2.34 bits per heavy atom. The van der Waals surface area contributed by atoms with Gasteiger partial charge in [-0.25, -0.2) is 4.79 Å². The maximum absolute atomic E-state index is 12.7. The van der Waals surface area contributed by atoms with Crippen molar-refractivity contribution in [1.29, 1.82) is 0 Å². The van der Waals surface area contributed by atoms with Crippen LogP contribution in [0, 0.1) is 13.8 Å². The van der Waals surface area contributed by atoms with Gasteiger partial charge in [-0.15, -0.1) is 10.2 Å². The van der Waals surface area contributed by atoms with Crippen LogP contribution in [0.1, 0.15) is 11.1 Å². The van der Waals surface area contributed by atoms with E-state index in [0.717, 1.165) is 45.4 Å². The predicted octanol–water partition coefficient (Wildman–Crippen LogP) is 3.84. The molecule has 1 saturated heterocycles. The molecule has 0 unspecified atom stereocenters. The molecule has 164 valence electrons. The molecule has 0 spiro atoms. The van der Waals surface area contributed by atoms with Crippen LogP contribution in [0.5, 0.6) is 11.5 Å². The first-order valence-electron chi connectivity index (χ1n) is 10.7. The van der Waals surface area contributed by atoms with Crippen molar-refractivity contribution in [3.05, 3.63) is 59.7 Å². The smallest absolute Gasteiger partial charge is 0.321 e. The average Bonchev–Trinajstić information content (AvgIpc) is 3.26. The summed E-state index contributed by atoms with van der Waals surface area (Å²) in [5.41, 5.74) is 4.81. The van der Waals surface area contributed by atoms with Crippen LogP contribution in [0.2, 0.25) is 0 Å². The minimum absolute atomic E-state index is 0.0705. The molecule has 3 heterocycles. The summed E-state index contributed by atoms with van der Waals surface area (Å²) in [6.45, 7) is 6.97. The van der Waals surface area contributed by atoms with Gasteiger partial charge in [0.1, 0.15) is 0 Å². The van der Waals surface area contributed by atoms with Crippen molar-refractivity contribution in [3.63, 3.8) is 0 Å². The number of fused-ring (bicyclic) bond motifs is 1. The molecule has 8 heteroatoms. The summed E-state index contributed by atoms with van der Waals surface area (Å²) in [7, 11) is 0. The van der Waals surface area contributed by atoms with Crippen molar-refractivity contribution < 1.29 is 14.3 Å². The number of aryl methyl sites for hydroxylation is 2. The van der Waals surface area contributed by atoms with Crippen LogP contribution in [0.4, 0.5) is 16.3 Å². The van der Waals surface area contributed by atoms with Crippen molar-refractivity contribution >= 4 is 17.5 Å². The van der Waals surface area contributed by atoms with E-state index in [0.29, 0.717) is 26.2 Å². The largest absolute Gasteiger partial charge is 0.454 e. The molecule has 0 radical (unpaired) electrons. The van der Waals surface area contributed by atoms with E-state index in [1.807, 2.05) is 61.2 Å². The van der Waals surface area contributed by atoms with E-state index in [-0.39, 0.29) is 12.8 Å². The van der Waals surface area contributed by atoms with E-state index in [2.05, 4.69) is 26.5 Å². The molecule has 1 aromatic heterocycles. The number of hydrogen-bond acceptors (Lipinski definition) is 6. The zero-order chi connectivity index (χ0) is 22.1. The number of ether oxygens (including phenoxy) is 2. The van der Waals surface area contributed by atoms with Crippen LogP contribution in [-0.2, 0) is 0 Å². The van der Waals surface area contributed by atoms with Crippen LogP contribution in [0.15, 0.2) is 48.5 Å². The van der Waals surface area contributed by atoms with Gasteiger partial charge in [0.05, 0.1) is 5.69 Å². The number of hydrogen-bond donors (Lipinski definition) is 1. The van der Waals surface area contributed by atoms with Gasteiger partial charge in [-0.1, -0.05) is 6.07 Å². The molecule has 1 N–H and O–H groups in total. The van der Waals surface area contributed by atoms with Crippen LogP contribution in [-0.4, -0.2) is 54.1 Å². The van der Waals surface area contributed by atoms with Gasteiger partial charge in [-0.3, -0.25) is 0 Å². The number of piperazine rings is 1. The Balaban J connectivity index is 1.19. The van der Waals surface area contributed by atoms with E-state index in [4.69, 9.17) is 9.47 Å². The van der Waals surface area contributed by atoms with Gasteiger partial charge in [0.25, 0.3) is 0 Å². The lowest BCUT2D eigenvalue weighted by Crippen LogP contribution is -2.50. The van der Waals surface area contributed by atoms with E-state index < -0.39 is 0 Å². The number of anilines is 2. The molecule has 2 aliphatic rings. The van der Waals surface area contributed by atoms with Crippen molar-refractivity contribution in [3.8, 4) is 22.8 Å². The zero-order valence-electron chi connectivity index (χ0n) is 18.2. The highest BCUT2D eigenvalue weighted by Gasteiger charge is 2.22. The Hall–Kier alpha value is -3.81. The number of urea groups is 1. The minimum atomic E-state index is -0.0705. The number of rotatable bonds is 3. The standard InChI is InChI=1S/C24H25N5O3/c1-16-11-17(2)13-19(12-16)25-24(30)29-9-7-28(8-10-29)23-6-4-20(26-27-23)18-3-5-21-22(14-18)32-15-31-21/h3-6,11-14H,7-10,15H2,1-2H3,(H,25,30). The number of amides is 2. The van der Waals surface area contributed by atoms with E-state index in [9.17, 15) is 4.79 Å². The maximum atomic E-state index is 12.7. The first-order chi connectivity index (χ1) is 15.5. The van der Waals surface area contributed by atoms with Crippen LogP contribution >= 0.6 is 0 Å². The molecule has 8 nitrogen and oxygen atoms in total. The van der Waals surface area contributed by atoms with Gasteiger partial charge in [-0.2, -0.15) is 0 Å². The topological polar surface area (TPSA) is 79.8 Å². The van der Waals surface area contributed by atoms with E-state index in [1.165, 1.54) is 0 Å². The first-order valence-corrected chi connectivity index (χ1v) is 10.7. The van der Waals surface area contributed by atoms with Gasteiger partial charge >= 0.3 is 6.03 Å². The Morgan fingerprint density at radius 1 is 0.875 bits per heavy atom. The summed E-state index contributed by atoms with van der Waals surface area (Å²) < 4.78 is 10.8. The second kappa shape index (κ2) is 8.37. The SMILES string of the molecule is Cc1cc(C)cc(NC(=O)N2CCN(c3ccc(-c4ccc5c(c4)OCO5)nn3)CC2)c1. The second-order valence-corrected chi connectivity index (χ2v) is 8.13. The maximum Gasteiger partial charge on any atom is 0.321 e. The Morgan fingerprint density at radius 2 is 1.62 bits per heavy atom. The molecule has 0 atom stereocenters. The van der Waals surface area contributed by atoms with Crippen molar-refractivity contribution in [2.24, 2.45) is 0 Å². The monoisotopic (exact) mass is 431 g/mol. The summed E-state index contributed by atoms with van der Waals surface area (Å²) in [6.07, 6.45) is 0. The van der Waals surface area contributed by atoms with Crippen LogP contribution in [0.25, 0.3) is 11.3 Å². The molecule has 0 saturated carbocycles. The summed E-state index contributed by atoms with van der Waals surface area (Å²) in [5, 5.41) is 11.8. The minimum Gasteiger partial charge on any atom is -0.454 e. The lowest BCUT2D eigenvalue weighted by Gasteiger charge is -2.35. The molecular weight excluding hydrogens is 406 g/mol. The third-order valence-corrected chi connectivity index (χ3v) is 5.68. The Labute approximate surface area is 186 Å². The Kier molecular flexibility index (Phi) is 5.26. The quantitative estimate of drug-likeness (QED) is 0.679. The van der Waals surface area contributed by atoms with Gasteiger partial charge in [0, 0.05) is 37.4 Å². The fourth-order valence-corrected chi connectivity index (χ4v) is 4.09. The van der Waals surface area contributed by atoms with Crippen molar-refractivity contribution in [2.75, 3.05) is 43.2 Å². The van der Waals surface area contributed by atoms with Gasteiger partial charge in [0.15, 0.2) is 17.3 Å². The van der Waals surface area contributed by atoms with Crippen molar-refractivity contribution in [1.82, 2.24) is 15.1 Å². The summed E-state index contributed by atoms with van der Waals surface area (Å²) >= 11 is 0. The number of carbonyl (C=O) groups is 1. The molecule has 32 heavy (non-hydrogen) atoms. The number of nitrogens with zero attached hydrogens (tertiary/aromatic N) is 4. The fraction of sp³-hybridized carbons (Fsp3) is 0.292. The Bertz CT molecular complexity index is 1120. The van der Waals surface area contributed by atoms with Crippen LogP contribution < -0.4 is 19.7 Å². The summed E-state index contributed by atoms with van der Waals surface area (Å²) in [5.74, 6) is 2.28. The van der Waals surface area contributed by atoms with Gasteiger partial charge in [0.2, 0.25) is 6.79 Å². The van der Waals surface area contributed by atoms with Crippen LogP contribution in [0.3, 0.4) is 0 Å². The molecule has 0 bridgehead atoms. The number of carbonyl (C=O) groups excluding carboxylic acids is 1. The third-order valence-electron chi connectivity index (χ3n) is 5.68. The second-order valence-electron chi connectivity index (χ2n) is 8.13. The lowest BCUT2D eigenvalue weighted by molar-refractivity contribution is 0.174. The fourth-order valence-electron chi connectivity index (χ4n) is 4.09. The predicted molar refractivity (Wildman–Crippen MR) is 122 cm³/mol. The molecule has 2 amide bonds. The zero-order valence-corrected chi connectivity index (χ0v) is 18.2. The summed E-state index contributed by atoms with van der Waals surface area (Å²) in [6, 6.07) is 15.7. The third kappa shape index (κ3) is 4.16. The van der Waals surface area contributed by atoms with Crippen molar-refractivity contribution in [2.45, 2.75) is 13.8 Å². The van der Waals surface area contributed by atoms with E-state index >= 15 is 0 Å². The summed E-state index contributed by atoms with van der Waals surface area (Å²) in [4.78, 5) is 16.7. The lowest BCUT2D eigenvalue weighted by atomic mass is 10.1. The molecule has 1 fully saturated rings. The molecule has 5 rings (SSSR count). The molecule has 3 aromatic rings. The number of benzene rings is 2. The average molecular weight is 431 g/mol. The van der Waals surface area contributed by atoms with E-state index in [1.54, 1.807) is 0 Å². The first kappa shape index (κ1) is 20.1. The highest BCUT2D eigenvalue weighted by molar-refractivity contribution is 5.89. The highest BCUT2D eigenvalue weighted by Crippen LogP contribution is 2.35. The number of nitrogens with one attached hydrogen (secondary N) is 1.